The van der Waals surface area contributed by atoms with Gasteiger partial charge in [-0.1, -0.05) is 67.2 Å². The van der Waals surface area contributed by atoms with E-state index in [1.807, 2.05) is 62.4 Å². The van der Waals surface area contributed by atoms with Crippen LogP contribution in [0.1, 0.15) is 25.8 Å². The Bertz CT molecular complexity index is 1290. The average molecular weight is 450 g/mol. The number of nitrogens with one attached hydrogen (secondary N) is 1. The Kier molecular flexibility index (Phi) is 6.65. The highest BCUT2D eigenvalue weighted by Crippen LogP contribution is 2.26. The number of hydrogen-bond acceptors (Lipinski definition) is 7. The smallest absolute Gasteiger partial charge is 0.277 e. The van der Waals surface area contributed by atoms with Crippen LogP contribution in [0.15, 0.2) is 69.0 Å². The first-order valence-electron chi connectivity index (χ1n) is 10.3. The fourth-order valence-corrected chi connectivity index (χ4v) is 3.74. The zero-order valence-electron chi connectivity index (χ0n) is 17.8. The molecule has 1 unspecified atom stereocenters. The van der Waals surface area contributed by atoms with Crippen LogP contribution in [-0.4, -0.2) is 37.7 Å². The summed E-state index contributed by atoms with van der Waals surface area (Å²) in [6, 6.07) is 17.0. The number of fused-ring (bicyclic) bond motifs is 1. The molecule has 4 rings (SSSR count). The van der Waals surface area contributed by atoms with Crippen LogP contribution in [-0.2, 0) is 11.3 Å². The summed E-state index contributed by atoms with van der Waals surface area (Å²) in [5.74, 6) is 0.283. The van der Waals surface area contributed by atoms with Crippen LogP contribution in [0.25, 0.3) is 22.4 Å². The Morgan fingerprint density at radius 3 is 2.56 bits per heavy atom. The summed E-state index contributed by atoms with van der Waals surface area (Å²) in [6.45, 7) is 4.29. The monoisotopic (exact) mass is 449 g/mol. The Balaban J connectivity index is 1.63. The van der Waals surface area contributed by atoms with Crippen molar-refractivity contribution in [2.45, 2.75) is 38.1 Å². The molecule has 0 aliphatic heterocycles. The van der Waals surface area contributed by atoms with Gasteiger partial charge >= 0.3 is 0 Å². The van der Waals surface area contributed by atoms with Crippen LogP contribution in [0.5, 0.6) is 0 Å². The van der Waals surface area contributed by atoms with Gasteiger partial charge in [-0.15, -0.1) is 10.2 Å². The van der Waals surface area contributed by atoms with E-state index in [1.165, 1.54) is 4.68 Å². The largest absolute Gasteiger partial charge is 0.409 e. The van der Waals surface area contributed by atoms with Crippen molar-refractivity contribution in [2.75, 3.05) is 5.75 Å². The highest BCUT2D eigenvalue weighted by molar-refractivity contribution is 7.99. The van der Waals surface area contributed by atoms with E-state index in [9.17, 15) is 9.59 Å². The van der Waals surface area contributed by atoms with Crippen molar-refractivity contribution in [1.82, 2.24) is 25.3 Å². The standard InChI is InChI=1S/C23H23N5O3S/c1-3-15(2)24-19(29)14-32-23-26-25-21(31-23)20-17-11-7-8-12-18(17)22(30)28(27-20)13-16-9-5-4-6-10-16/h4-12,15H,3,13-14H2,1-2H3,(H,24,29). The third-order valence-corrected chi connectivity index (χ3v) is 5.82. The van der Waals surface area contributed by atoms with E-state index in [1.54, 1.807) is 6.07 Å². The van der Waals surface area contributed by atoms with E-state index in [2.05, 4.69) is 20.6 Å². The molecule has 0 aliphatic rings. The van der Waals surface area contributed by atoms with Gasteiger partial charge < -0.3 is 9.73 Å². The van der Waals surface area contributed by atoms with E-state index in [0.29, 0.717) is 23.0 Å². The van der Waals surface area contributed by atoms with Gasteiger partial charge in [0.1, 0.15) is 0 Å². The second-order valence-corrected chi connectivity index (χ2v) is 8.31. The van der Waals surface area contributed by atoms with Crippen LogP contribution < -0.4 is 10.9 Å². The van der Waals surface area contributed by atoms with Gasteiger partial charge in [-0.05, 0) is 25.0 Å². The van der Waals surface area contributed by atoms with Gasteiger partial charge in [0.05, 0.1) is 17.7 Å². The molecule has 32 heavy (non-hydrogen) atoms. The lowest BCUT2D eigenvalue weighted by Crippen LogP contribution is -2.33. The number of nitrogens with zero attached hydrogens (tertiary/aromatic N) is 4. The number of rotatable bonds is 8. The molecule has 8 nitrogen and oxygen atoms in total. The summed E-state index contributed by atoms with van der Waals surface area (Å²) >= 11 is 1.16. The molecular weight excluding hydrogens is 426 g/mol. The summed E-state index contributed by atoms with van der Waals surface area (Å²) in [5, 5.41) is 17.0. The van der Waals surface area contributed by atoms with Crippen LogP contribution in [0.4, 0.5) is 0 Å². The van der Waals surface area contributed by atoms with Crippen molar-refractivity contribution in [3.05, 3.63) is 70.5 Å². The van der Waals surface area contributed by atoms with Gasteiger partial charge in [0.25, 0.3) is 16.7 Å². The zero-order valence-corrected chi connectivity index (χ0v) is 18.6. The molecule has 0 radical (unpaired) electrons. The minimum atomic E-state index is -0.191. The van der Waals surface area contributed by atoms with E-state index < -0.39 is 0 Å². The van der Waals surface area contributed by atoms with Gasteiger partial charge in [0.2, 0.25) is 5.91 Å². The molecule has 1 atom stereocenters. The quantitative estimate of drug-likeness (QED) is 0.411. The Morgan fingerprint density at radius 2 is 1.81 bits per heavy atom. The fraction of sp³-hybridized carbons (Fsp3) is 0.261. The third kappa shape index (κ3) is 4.88. The molecular formula is C23H23N5O3S. The number of benzene rings is 2. The number of hydrogen-bond donors (Lipinski definition) is 1. The Morgan fingerprint density at radius 1 is 1.09 bits per heavy atom. The molecule has 0 saturated carbocycles. The van der Waals surface area contributed by atoms with Gasteiger partial charge in [-0.25, -0.2) is 4.68 Å². The number of carbonyl (C=O) groups is 1. The minimum absolute atomic E-state index is 0.0934. The van der Waals surface area contributed by atoms with Crippen molar-refractivity contribution in [1.29, 1.82) is 0 Å². The van der Waals surface area contributed by atoms with Crippen molar-refractivity contribution in [2.24, 2.45) is 0 Å². The van der Waals surface area contributed by atoms with Gasteiger partial charge in [0, 0.05) is 11.4 Å². The van der Waals surface area contributed by atoms with Crippen molar-refractivity contribution >= 4 is 28.4 Å². The Labute approximate surface area is 189 Å². The first kappa shape index (κ1) is 21.8. The zero-order chi connectivity index (χ0) is 22.5. The van der Waals surface area contributed by atoms with E-state index in [4.69, 9.17) is 4.42 Å². The lowest BCUT2D eigenvalue weighted by Gasteiger charge is -2.10. The molecule has 164 valence electrons. The maximum atomic E-state index is 13.0. The van der Waals surface area contributed by atoms with Crippen LogP contribution in [0.3, 0.4) is 0 Å². The maximum absolute atomic E-state index is 13.0. The van der Waals surface area contributed by atoms with E-state index in [0.717, 1.165) is 23.7 Å². The first-order valence-corrected chi connectivity index (χ1v) is 11.3. The number of aromatic nitrogens is 4. The molecule has 1 N–H and O–H groups in total. The van der Waals surface area contributed by atoms with Crippen molar-refractivity contribution in [3.63, 3.8) is 0 Å². The summed E-state index contributed by atoms with van der Waals surface area (Å²) in [6.07, 6.45) is 0.860. The average Bonchev–Trinajstić information content (AvgIpc) is 3.29. The maximum Gasteiger partial charge on any atom is 0.277 e. The number of thioether (sulfide) groups is 1. The number of amides is 1. The summed E-state index contributed by atoms with van der Waals surface area (Å²) < 4.78 is 7.19. The van der Waals surface area contributed by atoms with Gasteiger partial charge in [-0.2, -0.15) is 5.10 Å². The first-order chi connectivity index (χ1) is 15.5. The second kappa shape index (κ2) is 9.78. The van der Waals surface area contributed by atoms with E-state index >= 15 is 0 Å². The minimum Gasteiger partial charge on any atom is -0.409 e. The summed E-state index contributed by atoms with van der Waals surface area (Å²) in [4.78, 5) is 25.0. The molecule has 0 spiro atoms. The lowest BCUT2D eigenvalue weighted by atomic mass is 10.1. The number of carbonyl (C=O) groups excluding carboxylic acids is 1. The Hall–Kier alpha value is -3.46. The second-order valence-electron chi connectivity index (χ2n) is 7.38. The van der Waals surface area contributed by atoms with Crippen LogP contribution in [0, 0.1) is 0 Å². The highest BCUT2D eigenvalue weighted by Gasteiger charge is 2.18. The SMILES string of the molecule is CCC(C)NC(=O)CSc1nnc(-c2nn(Cc3ccccc3)c(=O)c3ccccc23)o1. The fourth-order valence-electron chi connectivity index (χ4n) is 3.17. The lowest BCUT2D eigenvalue weighted by molar-refractivity contribution is -0.119. The van der Waals surface area contributed by atoms with Crippen LogP contribution in [0.2, 0.25) is 0 Å². The molecule has 1 amide bonds. The molecule has 0 saturated heterocycles. The van der Waals surface area contributed by atoms with Crippen molar-refractivity contribution < 1.29 is 9.21 Å². The predicted molar refractivity (Wildman–Crippen MR) is 123 cm³/mol. The molecule has 0 bridgehead atoms. The highest BCUT2D eigenvalue weighted by atomic mass is 32.2. The molecule has 2 aromatic heterocycles. The normalized spacial score (nSPS) is 12.1. The molecule has 0 aliphatic carbocycles. The van der Waals surface area contributed by atoms with Crippen molar-refractivity contribution in [3.8, 4) is 11.6 Å². The predicted octanol–water partition coefficient (Wildman–Crippen LogP) is 3.50. The van der Waals surface area contributed by atoms with Crippen LogP contribution >= 0.6 is 11.8 Å². The molecule has 2 aromatic carbocycles. The topological polar surface area (TPSA) is 103 Å². The molecule has 2 heterocycles. The molecule has 9 heteroatoms. The summed E-state index contributed by atoms with van der Waals surface area (Å²) in [5.41, 5.74) is 1.20. The molecule has 4 aromatic rings. The molecule has 0 fully saturated rings. The van der Waals surface area contributed by atoms with E-state index in [-0.39, 0.29) is 34.4 Å². The van der Waals surface area contributed by atoms with Gasteiger partial charge in [0.15, 0.2) is 5.69 Å². The van der Waals surface area contributed by atoms with Gasteiger partial charge in [-0.3, -0.25) is 9.59 Å². The summed E-state index contributed by atoms with van der Waals surface area (Å²) in [7, 11) is 0. The third-order valence-electron chi connectivity index (χ3n) is 5.00.